The van der Waals surface area contributed by atoms with Crippen LogP contribution in [0, 0.1) is 23.7 Å². The number of ether oxygens (including phenoxy) is 2. The number of nitrogens with one attached hydrogen (secondary N) is 1. The summed E-state index contributed by atoms with van der Waals surface area (Å²) in [5, 5.41) is 22.2. The van der Waals surface area contributed by atoms with Crippen LogP contribution >= 0.6 is 23.2 Å². The minimum Gasteiger partial charge on any atom is -0.508 e. The Labute approximate surface area is 321 Å². The van der Waals surface area contributed by atoms with Gasteiger partial charge in [0.2, 0.25) is 11.8 Å². The molecule has 4 amide bonds. The van der Waals surface area contributed by atoms with Crippen LogP contribution in [0.4, 0.5) is 5.69 Å². The predicted octanol–water partition coefficient (Wildman–Crippen LogP) is 6.35. The van der Waals surface area contributed by atoms with E-state index in [0.717, 1.165) is 5.01 Å². The molecule has 12 nitrogen and oxygen atoms in total. The van der Waals surface area contributed by atoms with Gasteiger partial charge in [0.1, 0.15) is 17.2 Å². The molecule has 7 rings (SSSR count). The summed E-state index contributed by atoms with van der Waals surface area (Å²) in [6.07, 6.45) is 3.62. The fourth-order valence-electron chi connectivity index (χ4n) is 9.09. The second-order valence-corrected chi connectivity index (χ2v) is 15.0. The first kappa shape index (κ1) is 37.3. The lowest BCUT2D eigenvalue weighted by atomic mass is 9.49. The number of hydrazine groups is 1. The highest BCUT2D eigenvalue weighted by atomic mass is 35.5. The molecule has 14 heteroatoms. The van der Waals surface area contributed by atoms with Crippen molar-refractivity contribution in [2.45, 2.75) is 49.9 Å². The number of phenolic OH excluding ortho intramolecular Hbond substituents is 1. The number of aromatic hydroxyl groups is 1. The Hall–Kier alpha value is -5.07. The van der Waals surface area contributed by atoms with Gasteiger partial charge in [0.15, 0.2) is 0 Å². The van der Waals surface area contributed by atoms with E-state index in [1.807, 2.05) is 6.08 Å². The first-order chi connectivity index (χ1) is 25.9. The first-order valence-electron chi connectivity index (χ1n) is 17.8. The molecule has 0 unspecified atom stereocenters. The molecule has 0 spiro atoms. The van der Waals surface area contributed by atoms with Crippen molar-refractivity contribution < 1.29 is 43.7 Å². The number of amides is 4. The summed E-state index contributed by atoms with van der Waals surface area (Å²) >= 11 is 12.7. The number of imide groups is 2. The van der Waals surface area contributed by atoms with Crippen LogP contribution in [0.2, 0.25) is 10.0 Å². The summed E-state index contributed by atoms with van der Waals surface area (Å²) in [4.78, 5) is 70.6. The Morgan fingerprint density at radius 3 is 2.28 bits per heavy atom. The van der Waals surface area contributed by atoms with Gasteiger partial charge in [-0.15, -0.1) is 0 Å². The zero-order valence-corrected chi connectivity index (χ0v) is 31.1. The summed E-state index contributed by atoms with van der Waals surface area (Å²) in [7, 11) is 2.99. The highest BCUT2D eigenvalue weighted by Crippen LogP contribution is 2.65. The number of carbonyl (C=O) groups excluding carboxylic acids is 4. The summed E-state index contributed by atoms with van der Waals surface area (Å²) in [5.74, 6) is -6.09. The predicted molar refractivity (Wildman–Crippen MR) is 198 cm³/mol. The van der Waals surface area contributed by atoms with Crippen molar-refractivity contribution in [1.29, 1.82) is 0 Å². The molecule has 2 aliphatic carbocycles. The number of allylic oxidation sites excluding steroid dienone is 2. The molecule has 3 aromatic carbocycles. The molecule has 2 aliphatic heterocycles. The van der Waals surface area contributed by atoms with Gasteiger partial charge in [-0.25, -0.2) is 0 Å². The lowest BCUT2D eigenvalue weighted by Crippen LogP contribution is -2.53. The van der Waals surface area contributed by atoms with Crippen LogP contribution in [0.5, 0.6) is 17.2 Å². The molecule has 3 fully saturated rings. The lowest BCUT2D eigenvalue weighted by Gasteiger charge is -2.50. The van der Waals surface area contributed by atoms with Gasteiger partial charge in [0, 0.05) is 35.5 Å². The second-order valence-electron chi connectivity index (χ2n) is 14.2. The van der Waals surface area contributed by atoms with E-state index in [0.29, 0.717) is 52.5 Å². The van der Waals surface area contributed by atoms with Crippen LogP contribution in [-0.4, -0.2) is 70.5 Å². The van der Waals surface area contributed by atoms with E-state index in [1.165, 1.54) is 31.3 Å². The van der Waals surface area contributed by atoms with Gasteiger partial charge >= 0.3 is 5.97 Å². The van der Waals surface area contributed by atoms with Gasteiger partial charge in [0.25, 0.3) is 11.8 Å². The van der Waals surface area contributed by atoms with Crippen molar-refractivity contribution in [1.82, 2.24) is 9.91 Å². The number of hydrogen-bond donors (Lipinski definition) is 3. The SMILES string of the molecule is COc1ccc([C@@]23C(=O)N(Nc4ccc(Cl)cc4Cl)C(=O)[C@@H]2C[C@@H]2C(=CC[C@@H]4C(=O)N(CCCCCC(=O)O)C(=O)[C@@H]42)[C@@H]3c2ccc(OC)cc2O)cc1. The molecule has 6 atom stereocenters. The van der Waals surface area contributed by atoms with Crippen molar-refractivity contribution in [3.63, 3.8) is 0 Å². The first-order valence-corrected chi connectivity index (χ1v) is 18.6. The maximum atomic E-state index is 15.4. The molecule has 1 saturated carbocycles. The highest BCUT2D eigenvalue weighted by molar-refractivity contribution is 6.36. The molecule has 0 radical (unpaired) electrons. The number of hydrogen-bond acceptors (Lipinski definition) is 9. The molecular formula is C40H39Cl2N3O9. The fraction of sp³-hybridized carbons (Fsp3) is 0.375. The average Bonchev–Trinajstić information content (AvgIpc) is 3.52. The van der Waals surface area contributed by atoms with Crippen LogP contribution < -0.4 is 14.9 Å². The van der Waals surface area contributed by atoms with E-state index in [2.05, 4.69) is 5.43 Å². The number of phenols is 1. The minimum absolute atomic E-state index is 0.00225. The van der Waals surface area contributed by atoms with Crippen LogP contribution in [0.25, 0.3) is 0 Å². The Morgan fingerprint density at radius 2 is 1.61 bits per heavy atom. The Morgan fingerprint density at radius 1 is 0.889 bits per heavy atom. The summed E-state index contributed by atoms with van der Waals surface area (Å²) in [6.45, 7) is 0.158. The van der Waals surface area contributed by atoms with E-state index in [-0.39, 0.29) is 54.1 Å². The number of fused-ring (bicyclic) bond motifs is 4. The summed E-state index contributed by atoms with van der Waals surface area (Å²) < 4.78 is 10.8. The largest absolute Gasteiger partial charge is 0.508 e. The quantitative estimate of drug-likeness (QED) is 0.107. The van der Waals surface area contributed by atoms with Crippen molar-refractivity contribution in [2.24, 2.45) is 23.7 Å². The topological polar surface area (TPSA) is 163 Å². The number of rotatable bonds is 12. The number of carboxylic acid groups (broad SMARTS) is 1. The zero-order chi connectivity index (χ0) is 38.5. The number of halogens is 2. The molecule has 3 N–H and O–H groups in total. The fourth-order valence-corrected chi connectivity index (χ4v) is 9.54. The number of nitrogens with zero attached hydrogens (tertiary/aromatic N) is 2. The van der Waals surface area contributed by atoms with Crippen molar-refractivity contribution >= 4 is 58.5 Å². The molecule has 0 bridgehead atoms. The van der Waals surface area contributed by atoms with Gasteiger partial charge in [-0.1, -0.05) is 59.5 Å². The molecule has 0 aromatic heterocycles. The summed E-state index contributed by atoms with van der Waals surface area (Å²) in [6, 6.07) is 16.3. The molecule has 3 aromatic rings. The highest BCUT2D eigenvalue weighted by Gasteiger charge is 2.70. The maximum absolute atomic E-state index is 15.4. The van der Waals surface area contributed by atoms with Gasteiger partial charge in [0.05, 0.1) is 48.1 Å². The zero-order valence-electron chi connectivity index (χ0n) is 29.6. The summed E-state index contributed by atoms with van der Waals surface area (Å²) in [5.41, 5.74) is 3.12. The van der Waals surface area contributed by atoms with Gasteiger partial charge in [-0.3, -0.25) is 34.3 Å². The lowest BCUT2D eigenvalue weighted by molar-refractivity contribution is -0.141. The standard InChI is InChI=1S/C40H39Cl2N3O9/c1-53-23-10-7-21(8-11-23)40-29(37(50)45(39(40)52)43-31-16-9-22(41)18-30(31)42)20-28-25(35(40)26-13-12-24(54-2)19-32(26)46)14-15-27-34(28)38(51)44(36(27)49)17-5-3-4-6-33(47)48/h7-14,16,18-19,27-29,34-35,43,46H,3-6,15,17,20H2,1-2H3,(H,47,48)/t27-,28+,29-,34-,35+,40+/m0/s1. The third-order valence-electron chi connectivity index (χ3n) is 11.5. The molecule has 282 valence electrons. The Balaban J connectivity index is 1.37. The monoisotopic (exact) mass is 775 g/mol. The second kappa shape index (κ2) is 14.6. The van der Waals surface area contributed by atoms with Crippen LogP contribution in [0.15, 0.2) is 72.3 Å². The molecular weight excluding hydrogens is 737 g/mol. The van der Waals surface area contributed by atoms with E-state index in [4.69, 9.17) is 37.8 Å². The minimum atomic E-state index is -1.63. The number of carboxylic acids is 1. The van der Waals surface area contributed by atoms with Gasteiger partial charge in [-0.2, -0.15) is 5.01 Å². The third-order valence-corrected chi connectivity index (χ3v) is 12.0. The number of carbonyl (C=O) groups is 5. The van der Waals surface area contributed by atoms with E-state index in [1.54, 1.807) is 48.5 Å². The number of aliphatic carboxylic acids is 1. The van der Waals surface area contributed by atoms with E-state index >= 15 is 4.79 Å². The maximum Gasteiger partial charge on any atom is 0.303 e. The third kappa shape index (κ3) is 6.05. The molecule has 4 aliphatic rings. The van der Waals surface area contributed by atoms with Crippen LogP contribution in [-0.2, 0) is 29.4 Å². The number of unbranched alkanes of at least 4 members (excludes halogenated alkanes) is 2. The number of methoxy groups -OCH3 is 2. The number of anilines is 1. The van der Waals surface area contributed by atoms with Crippen molar-refractivity contribution in [3.8, 4) is 17.2 Å². The van der Waals surface area contributed by atoms with Crippen LogP contribution in [0.1, 0.15) is 55.6 Å². The average molecular weight is 777 g/mol. The van der Waals surface area contributed by atoms with Gasteiger partial charge < -0.3 is 19.7 Å². The normalized spacial score (nSPS) is 25.9. The smallest absolute Gasteiger partial charge is 0.303 e. The van der Waals surface area contributed by atoms with E-state index < -0.39 is 52.8 Å². The van der Waals surface area contributed by atoms with Gasteiger partial charge in [-0.05, 0) is 73.6 Å². The Kier molecular flexibility index (Phi) is 10.1. The van der Waals surface area contributed by atoms with E-state index in [9.17, 15) is 24.3 Å². The van der Waals surface area contributed by atoms with Crippen molar-refractivity contribution in [2.75, 3.05) is 26.2 Å². The number of likely N-dealkylation sites (tertiary alicyclic amines) is 1. The van der Waals surface area contributed by atoms with Crippen molar-refractivity contribution in [3.05, 3.63) is 93.5 Å². The molecule has 2 heterocycles. The molecule has 54 heavy (non-hydrogen) atoms. The Bertz CT molecular complexity index is 2070. The number of benzene rings is 3. The molecule has 2 saturated heterocycles. The van der Waals surface area contributed by atoms with Crippen LogP contribution in [0.3, 0.4) is 0 Å².